The van der Waals surface area contributed by atoms with Crippen molar-refractivity contribution in [2.45, 2.75) is 20.3 Å². The molecule has 14 heavy (non-hydrogen) atoms. The molecule has 0 rings (SSSR count). The van der Waals surface area contributed by atoms with E-state index in [1.807, 2.05) is 32.1 Å². The molecule has 0 aromatic heterocycles. The Bertz CT molecular complexity index is 308. The maximum Gasteiger partial charge on any atom is 0.163 e. The average molecular weight is 187 g/mol. The van der Waals surface area contributed by atoms with Gasteiger partial charge in [0.15, 0.2) is 5.41 Å². The first-order chi connectivity index (χ1) is 6.57. The standard InChI is InChI=1S/C11H13N3/c1-4-5-11(7-13,8-14)10(6-12)9(2)3/h4,9-10H,1,5H2,2-3H3. The molecule has 0 radical (unpaired) electrons. The summed E-state index contributed by atoms with van der Waals surface area (Å²) in [5.41, 5.74) is -1.25. The van der Waals surface area contributed by atoms with Crippen molar-refractivity contribution >= 4 is 0 Å². The van der Waals surface area contributed by atoms with Gasteiger partial charge in [-0.05, 0) is 12.3 Å². The molecular weight excluding hydrogens is 174 g/mol. The number of rotatable bonds is 4. The topological polar surface area (TPSA) is 71.4 Å². The molecule has 0 aliphatic rings. The van der Waals surface area contributed by atoms with Crippen LogP contribution in [-0.4, -0.2) is 0 Å². The van der Waals surface area contributed by atoms with Crippen LogP contribution in [0, 0.1) is 51.2 Å². The molecule has 3 heteroatoms. The van der Waals surface area contributed by atoms with E-state index in [2.05, 4.69) is 6.58 Å². The van der Waals surface area contributed by atoms with Crippen LogP contribution in [0.1, 0.15) is 20.3 Å². The summed E-state index contributed by atoms with van der Waals surface area (Å²) in [7, 11) is 0. The van der Waals surface area contributed by atoms with Crippen LogP contribution in [0.2, 0.25) is 0 Å². The van der Waals surface area contributed by atoms with Crippen LogP contribution in [-0.2, 0) is 0 Å². The molecule has 0 bridgehead atoms. The van der Waals surface area contributed by atoms with Crippen molar-refractivity contribution in [3.63, 3.8) is 0 Å². The first-order valence-corrected chi connectivity index (χ1v) is 4.41. The summed E-state index contributed by atoms with van der Waals surface area (Å²) in [4.78, 5) is 0. The molecule has 0 saturated heterocycles. The van der Waals surface area contributed by atoms with Crippen molar-refractivity contribution in [1.82, 2.24) is 0 Å². The number of hydrogen-bond donors (Lipinski definition) is 0. The Morgan fingerprint density at radius 3 is 2.00 bits per heavy atom. The molecule has 0 aromatic carbocycles. The second-order valence-electron chi connectivity index (χ2n) is 3.54. The van der Waals surface area contributed by atoms with E-state index >= 15 is 0 Å². The van der Waals surface area contributed by atoms with E-state index in [1.165, 1.54) is 6.08 Å². The molecule has 1 atom stereocenters. The zero-order chi connectivity index (χ0) is 11.2. The van der Waals surface area contributed by atoms with Gasteiger partial charge in [0.1, 0.15) is 0 Å². The van der Waals surface area contributed by atoms with E-state index < -0.39 is 11.3 Å². The summed E-state index contributed by atoms with van der Waals surface area (Å²) < 4.78 is 0. The summed E-state index contributed by atoms with van der Waals surface area (Å²) >= 11 is 0. The Morgan fingerprint density at radius 2 is 1.79 bits per heavy atom. The number of allylic oxidation sites excluding steroid dienone is 1. The maximum atomic E-state index is 8.99. The predicted molar refractivity (Wildman–Crippen MR) is 52.4 cm³/mol. The SMILES string of the molecule is C=CCC(C#N)(C#N)C(C#N)C(C)C. The highest BCUT2D eigenvalue weighted by Crippen LogP contribution is 2.35. The molecule has 0 fully saturated rings. The Hall–Kier alpha value is -1.79. The first kappa shape index (κ1) is 12.2. The van der Waals surface area contributed by atoms with Crippen LogP contribution in [0.3, 0.4) is 0 Å². The normalized spacial score (nSPS) is 12.3. The van der Waals surface area contributed by atoms with Crippen LogP contribution in [0.5, 0.6) is 0 Å². The van der Waals surface area contributed by atoms with Crippen molar-refractivity contribution in [2.75, 3.05) is 0 Å². The Morgan fingerprint density at radius 1 is 1.29 bits per heavy atom. The van der Waals surface area contributed by atoms with Crippen LogP contribution >= 0.6 is 0 Å². The fraction of sp³-hybridized carbons (Fsp3) is 0.545. The minimum absolute atomic E-state index is 0.0146. The van der Waals surface area contributed by atoms with Crippen molar-refractivity contribution < 1.29 is 0 Å². The maximum absolute atomic E-state index is 8.99. The summed E-state index contributed by atoms with van der Waals surface area (Å²) in [5.74, 6) is -0.588. The van der Waals surface area contributed by atoms with Gasteiger partial charge in [-0.15, -0.1) is 6.58 Å². The van der Waals surface area contributed by atoms with E-state index in [0.29, 0.717) is 0 Å². The molecule has 0 aliphatic carbocycles. The Kier molecular flexibility index (Phi) is 4.41. The molecule has 72 valence electrons. The largest absolute Gasteiger partial charge is 0.198 e. The lowest BCUT2D eigenvalue weighted by Gasteiger charge is -2.25. The van der Waals surface area contributed by atoms with Crippen molar-refractivity contribution in [3.05, 3.63) is 12.7 Å². The van der Waals surface area contributed by atoms with Crippen LogP contribution in [0.25, 0.3) is 0 Å². The molecule has 0 amide bonds. The molecule has 0 heterocycles. The lowest BCUT2D eigenvalue weighted by atomic mass is 9.71. The lowest BCUT2D eigenvalue weighted by molar-refractivity contribution is 0.308. The van der Waals surface area contributed by atoms with Crippen LogP contribution in [0.4, 0.5) is 0 Å². The second-order valence-corrected chi connectivity index (χ2v) is 3.54. The van der Waals surface area contributed by atoms with E-state index in [0.717, 1.165) is 0 Å². The summed E-state index contributed by atoms with van der Waals surface area (Å²) in [6.07, 6.45) is 1.75. The van der Waals surface area contributed by atoms with Gasteiger partial charge in [0.2, 0.25) is 0 Å². The van der Waals surface area contributed by atoms with Crippen molar-refractivity contribution in [1.29, 1.82) is 15.8 Å². The second kappa shape index (κ2) is 5.05. The van der Waals surface area contributed by atoms with Crippen molar-refractivity contribution in [3.8, 4) is 18.2 Å². The lowest BCUT2D eigenvalue weighted by Crippen LogP contribution is -2.29. The summed E-state index contributed by atoms with van der Waals surface area (Å²) in [6.45, 7) is 7.17. The third kappa shape index (κ3) is 2.12. The summed E-state index contributed by atoms with van der Waals surface area (Å²) in [6, 6.07) is 5.92. The monoisotopic (exact) mass is 187 g/mol. The molecule has 0 saturated carbocycles. The highest BCUT2D eigenvalue weighted by molar-refractivity contribution is 5.23. The third-order valence-electron chi connectivity index (χ3n) is 2.20. The molecule has 0 N–H and O–H groups in total. The third-order valence-corrected chi connectivity index (χ3v) is 2.20. The molecular formula is C11H13N3. The minimum atomic E-state index is -1.25. The fourth-order valence-electron chi connectivity index (χ4n) is 1.44. The van der Waals surface area contributed by atoms with Gasteiger partial charge in [-0.1, -0.05) is 19.9 Å². The molecule has 0 spiro atoms. The quantitative estimate of drug-likeness (QED) is 0.634. The average Bonchev–Trinajstić information content (AvgIpc) is 2.17. The number of nitrogens with zero attached hydrogens (tertiary/aromatic N) is 3. The smallest absolute Gasteiger partial charge is 0.163 e. The predicted octanol–water partition coefficient (Wildman–Crippen LogP) is 2.39. The Balaban J connectivity index is 5.21. The zero-order valence-electron chi connectivity index (χ0n) is 8.49. The van der Waals surface area contributed by atoms with E-state index in [4.69, 9.17) is 15.8 Å². The van der Waals surface area contributed by atoms with Gasteiger partial charge in [-0.25, -0.2) is 0 Å². The van der Waals surface area contributed by atoms with E-state index in [9.17, 15) is 0 Å². The van der Waals surface area contributed by atoms with Gasteiger partial charge < -0.3 is 0 Å². The molecule has 0 aliphatic heterocycles. The van der Waals surface area contributed by atoms with E-state index in [-0.39, 0.29) is 12.3 Å². The first-order valence-electron chi connectivity index (χ1n) is 4.41. The Labute approximate surface area is 84.9 Å². The molecule has 3 nitrogen and oxygen atoms in total. The van der Waals surface area contributed by atoms with Gasteiger partial charge in [-0.3, -0.25) is 0 Å². The highest BCUT2D eigenvalue weighted by Gasteiger charge is 2.40. The van der Waals surface area contributed by atoms with Gasteiger partial charge in [0.05, 0.1) is 24.1 Å². The zero-order valence-corrected chi connectivity index (χ0v) is 8.49. The van der Waals surface area contributed by atoms with Gasteiger partial charge >= 0.3 is 0 Å². The number of nitriles is 3. The molecule has 1 unspecified atom stereocenters. The van der Waals surface area contributed by atoms with Crippen LogP contribution < -0.4 is 0 Å². The van der Waals surface area contributed by atoms with Gasteiger partial charge in [-0.2, -0.15) is 15.8 Å². The van der Waals surface area contributed by atoms with Crippen LogP contribution in [0.15, 0.2) is 12.7 Å². The minimum Gasteiger partial charge on any atom is -0.198 e. The van der Waals surface area contributed by atoms with Crippen molar-refractivity contribution in [2.24, 2.45) is 17.3 Å². The highest BCUT2D eigenvalue weighted by atomic mass is 14.5. The fourth-order valence-corrected chi connectivity index (χ4v) is 1.44. The summed E-state index contributed by atoms with van der Waals surface area (Å²) in [5, 5.41) is 26.9. The number of hydrogen-bond acceptors (Lipinski definition) is 3. The van der Waals surface area contributed by atoms with Gasteiger partial charge in [0, 0.05) is 0 Å². The molecule has 0 aromatic rings. The van der Waals surface area contributed by atoms with Gasteiger partial charge in [0.25, 0.3) is 0 Å². The van der Waals surface area contributed by atoms with E-state index in [1.54, 1.807) is 0 Å².